The second-order valence-corrected chi connectivity index (χ2v) is 7.71. The van der Waals surface area contributed by atoms with Gasteiger partial charge in [0.05, 0.1) is 33.7 Å². The normalized spacial score (nSPS) is 16.3. The van der Waals surface area contributed by atoms with Crippen LogP contribution in [0.2, 0.25) is 0 Å². The van der Waals surface area contributed by atoms with E-state index in [4.69, 9.17) is 14.5 Å². The summed E-state index contributed by atoms with van der Waals surface area (Å²) in [5.41, 5.74) is 0.400. The zero-order chi connectivity index (χ0) is 21.4. The third-order valence-electron chi connectivity index (χ3n) is 5.78. The number of hydrogen-bond donors (Lipinski definition) is 0. The van der Waals surface area contributed by atoms with Gasteiger partial charge in [-0.05, 0) is 31.0 Å². The molecular formula is C22H20N4O5. The fraction of sp³-hybridized carbons (Fsp3) is 0.318. The molecule has 0 atom stereocenters. The molecule has 1 aromatic heterocycles. The fourth-order valence-electron chi connectivity index (χ4n) is 4.21. The number of para-hydroxylation sites is 1. The van der Waals surface area contributed by atoms with Crippen molar-refractivity contribution in [3.8, 4) is 11.5 Å². The summed E-state index contributed by atoms with van der Waals surface area (Å²) in [4.78, 5) is 29.1. The molecule has 158 valence electrons. The largest absolute Gasteiger partial charge is 0.454 e. The highest BCUT2D eigenvalue weighted by molar-refractivity contribution is 5.87. The van der Waals surface area contributed by atoms with E-state index >= 15 is 0 Å². The Bertz CT molecular complexity index is 1260. The standard InChI is InChI=1S/C22H20N4O5/c27-22-16-8-4-5-9-17(16)24-21(14-6-2-1-3-7-14)25(22)23-12-15-10-19-20(31-13-30-19)11-18(15)26(28)29/h4-5,8-12,14H,1-3,6-7,13H2. The number of hydrogen-bond acceptors (Lipinski definition) is 7. The van der Waals surface area contributed by atoms with Gasteiger partial charge in [-0.15, -0.1) is 0 Å². The van der Waals surface area contributed by atoms with Gasteiger partial charge in [0.2, 0.25) is 6.79 Å². The first-order valence-corrected chi connectivity index (χ1v) is 10.3. The lowest BCUT2D eigenvalue weighted by molar-refractivity contribution is -0.385. The number of nitrogens with zero attached hydrogens (tertiary/aromatic N) is 4. The quantitative estimate of drug-likeness (QED) is 0.359. The molecule has 31 heavy (non-hydrogen) atoms. The molecule has 0 unspecified atom stereocenters. The maximum Gasteiger partial charge on any atom is 0.282 e. The van der Waals surface area contributed by atoms with Crippen LogP contribution >= 0.6 is 0 Å². The van der Waals surface area contributed by atoms with Gasteiger partial charge in [0.1, 0.15) is 5.82 Å². The fourth-order valence-corrected chi connectivity index (χ4v) is 4.21. The molecule has 0 spiro atoms. The summed E-state index contributed by atoms with van der Waals surface area (Å²) in [6.45, 7) is 0.00691. The predicted molar refractivity (Wildman–Crippen MR) is 114 cm³/mol. The van der Waals surface area contributed by atoms with Crippen molar-refractivity contribution in [1.82, 2.24) is 9.66 Å². The summed E-state index contributed by atoms with van der Waals surface area (Å²) in [6.07, 6.45) is 6.51. The molecule has 1 aliphatic carbocycles. The van der Waals surface area contributed by atoms with Crippen molar-refractivity contribution in [2.24, 2.45) is 5.10 Å². The van der Waals surface area contributed by atoms with Gasteiger partial charge in [-0.2, -0.15) is 9.78 Å². The Labute approximate surface area is 177 Å². The van der Waals surface area contributed by atoms with E-state index in [2.05, 4.69) is 5.10 Å². The van der Waals surface area contributed by atoms with Crippen molar-refractivity contribution in [1.29, 1.82) is 0 Å². The first-order chi connectivity index (χ1) is 15.1. The summed E-state index contributed by atoms with van der Waals surface area (Å²) in [6, 6.07) is 9.98. The molecule has 2 heterocycles. The molecule has 9 heteroatoms. The highest BCUT2D eigenvalue weighted by Crippen LogP contribution is 2.37. The lowest BCUT2D eigenvalue weighted by Crippen LogP contribution is -2.25. The smallest absolute Gasteiger partial charge is 0.282 e. The molecule has 9 nitrogen and oxygen atoms in total. The van der Waals surface area contributed by atoms with Crippen LogP contribution in [0, 0.1) is 10.1 Å². The van der Waals surface area contributed by atoms with Crippen molar-refractivity contribution in [3.05, 3.63) is 68.3 Å². The molecule has 2 aliphatic rings. The zero-order valence-corrected chi connectivity index (χ0v) is 16.7. The first kappa shape index (κ1) is 19.2. The Morgan fingerprint density at radius 3 is 2.65 bits per heavy atom. The molecule has 3 aromatic rings. The van der Waals surface area contributed by atoms with Gasteiger partial charge in [0.25, 0.3) is 11.2 Å². The molecule has 0 radical (unpaired) electrons. The monoisotopic (exact) mass is 420 g/mol. The van der Waals surface area contributed by atoms with Gasteiger partial charge in [-0.25, -0.2) is 4.98 Å². The van der Waals surface area contributed by atoms with Crippen molar-refractivity contribution in [3.63, 3.8) is 0 Å². The lowest BCUT2D eigenvalue weighted by Gasteiger charge is -2.22. The molecule has 0 saturated heterocycles. The number of ether oxygens (including phenoxy) is 2. The van der Waals surface area contributed by atoms with Crippen LogP contribution in [-0.4, -0.2) is 27.6 Å². The van der Waals surface area contributed by atoms with E-state index in [-0.39, 0.29) is 29.5 Å². The van der Waals surface area contributed by atoms with E-state index in [0.29, 0.717) is 28.2 Å². The number of rotatable bonds is 4. The molecule has 1 fully saturated rings. The molecule has 5 rings (SSSR count). The van der Waals surface area contributed by atoms with Crippen LogP contribution in [0.1, 0.15) is 49.4 Å². The summed E-state index contributed by atoms with van der Waals surface area (Å²) in [5.74, 6) is 1.44. The molecular weight excluding hydrogens is 400 g/mol. The molecule has 1 aliphatic heterocycles. The van der Waals surface area contributed by atoms with Gasteiger partial charge >= 0.3 is 0 Å². The van der Waals surface area contributed by atoms with E-state index in [1.807, 2.05) is 12.1 Å². The van der Waals surface area contributed by atoms with Gasteiger partial charge < -0.3 is 9.47 Å². The van der Waals surface area contributed by atoms with Crippen LogP contribution in [0.4, 0.5) is 5.69 Å². The minimum absolute atomic E-state index is 0.00691. The maximum atomic E-state index is 13.2. The third-order valence-corrected chi connectivity index (χ3v) is 5.78. The van der Waals surface area contributed by atoms with E-state index in [1.54, 1.807) is 12.1 Å². The Kier molecular flexibility index (Phi) is 4.85. The maximum absolute atomic E-state index is 13.2. The van der Waals surface area contributed by atoms with Crippen molar-refractivity contribution in [2.75, 3.05) is 6.79 Å². The summed E-state index contributed by atoms with van der Waals surface area (Å²) < 4.78 is 11.9. The molecule has 2 aromatic carbocycles. The number of benzene rings is 2. The van der Waals surface area contributed by atoms with Gasteiger partial charge in [-0.1, -0.05) is 31.4 Å². The third kappa shape index (κ3) is 3.52. The second-order valence-electron chi connectivity index (χ2n) is 7.71. The van der Waals surface area contributed by atoms with Crippen LogP contribution in [0.15, 0.2) is 46.3 Å². The minimum Gasteiger partial charge on any atom is -0.454 e. The van der Waals surface area contributed by atoms with Crippen LogP contribution in [0.25, 0.3) is 10.9 Å². The summed E-state index contributed by atoms with van der Waals surface area (Å²) in [7, 11) is 0. The van der Waals surface area contributed by atoms with Crippen molar-refractivity contribution in [2.45, 2.75) is 38.0 Å². The lowest BCUT2D eigenvalue weighted by atomic mass is 9.88. The first-order valence-electron chi connectivity index (χ1n) is 10.3. The Morgan fingerprint density at radius 1 is 1.13 bits per heavy atom. The van der Waals surface area contributed by atoms with Crippen LogP contribution < -0.4 is 15.0 Å². The average molecular weight is 420 g/mol. The van der Waals surface area contributed by atoms with Crippen LogP contribution in [0.5, 0.6) is 11.5 Å². The minimum atomic E-state index is -0.507. The topological polar surface area (TPSA) is 109 Å². The SMILES string of the molecule is O=c1c2ccccc2nc(C2CCCCC2)n1N=Cc1cc2c(cc1[N+](=O)[O-])OCO2. The molecule has 0 N–H and O–H groups in total. The van der Waals surface area contributed by atoms with Crippen LogP contribution in [-0.2, 0) is 0 Å². The van der Waals surface area contributed by atoms with Crippen molar-refractivity contribution >= 4 is 22.8 Å². The highest BCUT2D eigenvalue weighted by atomic mass is 16.7. The Hall–Kier alpha value is -3.75. The van der Waals surface area contributed by atoms with Gasteiger partial charge in [-0.3, -0.25) is 14.9 Å². The molecule has 0 amide bonds. The van der Waals surface area contributed by atoms with Crippen molar-refractivity contribution < 1.29 is 14.4 Å². The number of nitro groups is 1. The number of aromatic nitrogens is 2. The second kappa shape index (κ2) is 7.82. The summed E-state index contributed by atoms with van der Waals surface area (Å²) >= 11 is 0. The van der Waals surface area contributed by atoms with E-state index < -0.39 is 4.92 Å². The molecule has 1 saturated carbocycles. The van der Waals surface area contributed by atoms with E-state index in [1.165, 1.54) is 29.4 Å². The Morgan fingerprint density at radius 2 is 1.87 bits per heavy atom. The summed E-state index contributed by atoms with van der Waals surface area (Å²) in [5, 5.41) is 16.4. The predicted octanol–water partition coefficient (Wildman–Crippen LogP) is 3.96. The van der Waals surface area contributed by atoms with Gasteiger partial charge in [0, 0.05) is 5.92 Å². The van der Waals surface area contributed by atoms with E-state index in [0.717, 1.165) is 25.7 Å². The molecule has 0 bridgehead atoms. The number of fused-ring (bicyclic) bond motifs is 2. The van der Waals surface area contributed by atoms with Gasteiger partial charge in [0.15, 0.2) is 11.5 Å². The Balaban J connectivity index is 1.65. The average Bonchev–Trinajstić information content (AvgIpc) is 3.26. The zero-order valence-electron chi connectivity index (χ0n) is 16.7. The number of nitro benzene ring substituents is 1. The highest BCUT2D eigenvalue weighted by Gasteiger charge is 2.24. The van der Waals surface area contributed by atoms with E-state index in [9.17, 15) is 14.9 Å². The van der Waals surface area contributed by atoms with Crippen LogP contribution in [0.3, 0.4) is 0 Å².